The topological polar surface area (TPSA) is 55.2 Å². The fourth-order valence-electron chi connectivity index (χ4n) is 4.02. The van der Waals surface area contributed by atoms with Gasteiger partial charge in [-0.3, -0.25) is 14.2 Å². The number of amides is 1. The van der Waals surface area contributed by atoms with Gasteiger partial charge in [-0.05, 0) is 56.3 Å². The highest BCUT2D eigenvalue weighted by atomic mass is 16.2. The zero-order chi connectivity index (χ0) is 21.7. The first-order chi connectivity index (χ1) is 14.9. The lowest BCUT2D eigenvalue weighted by atomic mass is 10.0. The summed E-state index contributed by atoms with van der Waals surface area (Å²) >= 11 is 0. The van der Waals surface area contributed by atoms with Crippen LogP contribution in [-0.4, -0.2) is 22.5 Å². The van der Waals surface area contributed by atoms with Gasteiger partial charge >= 0.3 is 0 Å². The van der Waals surface area contributed by atoms with Crippen LogP contribution in [0.25, 0.3) is 28.2 Å². The van der Waals surface area contributed by atoms with Crippen LogP contribution >= 0.6 is 0 Å². The van der Waals surface area contributed by atoms with Gasteiger partial charge in [0.25, 0.3) is 11.5 Å². The van der Waals surface area contributed by atoms with Gasteiger partial charge in [-0.15, -0.1) is 0 Å². The van der Waals surface area contributed by atoms with Crippen molar-refractivity contribution in [1.82, 2.24) is 9.55 Å². The maximum atomic E-state index is 13.5. The molecule has 31 heavy (non-hydrogen) atoms. The average molecular weight is 407 g/mol. The van der Waals surface area contributed by atoms with Gasteiger partial charge in [-0.2, -0.15) is 0 Å². The number of nitrogens with zero attached hydrogens (tertiary/aromatic N) is 3. The predicted molar refractivity (Wildman–Crippen MR) is 125 cm³/mol. The van der Waals surface area contributed by atoms with Gasteiger partial charge < -0.3 is 4.90 Å². The van der Waals surface area contributed by atoms with Crippen molar-refractivity contribution in [2.24, 2.45) is 0 Å². The molecular weight excluding hydrogens is 386 g/mol. The minimum absolute atomic E-state index is 0.113. The Bertz CT molecular complexity index is 1450. The zero-order valence-corrected chi connectivity index (χ0v) is 17.6. The Labute approximate surface area is 179 Å². The molecule has 0 saturated heterocycles. The third kappa shape index (κ3) is 3.06. The number of carbonyl (C=O) groups is 1. The molecule has 5 heteroatoms. The third-order valence-electron chi connectivity index (χ3n) is 5.71. The number of fused-ring (bicyclic) bond motifs is 2. The quantitative estimate of drug-likeness (QED) is 0.459. The SMILES string of the molecule is Cc1ccc(-n2c(C=C3C(=O)N(C)c4ccc(C)cc43)nc3ccccc3c2=O)cc1. The van der Waals surface area contributed by atoms with Crippen LogP contribution in [0.4, 0.5) is 5.69 Å². The van der Waals surface area contributed by atoms with E-state index in [-0.39, 0.29) is 11.5 Å². The molecular formula is C26H21N3O2. The van der Waals surface area contributed by atoms with Crippen molar-refractivity contribution < 1.29 is 4.79 Å². The molecule has 0 atom stereocenters. The zero-order valence-electron chi connectivity index (χ0n) is 17.6. The highest BCUT2D eigenvalue weighted by molar-refractivity contribution is 6.35. The Hall–Kier alpha value is -3.99. The Morgan fingerprint density at radius 3 is 2.35 bits per heavy atom. The van der Waals surface area contributed by atoms with E-state index in [0.717, 1.165) is 22.4 Å². The molecule has 0 N–H and O–H groups in total. The number of rotatable bonds is 2. The van der Waals surface area contributed by atoms with Crippen molar-refractivity contribution in [1.29, 1.82) is 0 Å². The van der Waals surface area contributed by atoms with Gasteiger partial charge in [-0.1, -0.05) is 41.5 Å². The summed E-state index contributed by atoms with van der Waals surface area (Å²) in [6.45, 7) is 4.00. The Morgan fingerprint density at radius 1 is 0.871 bits per heavy atom. The molecule has 0 radical (unpaired) electrons. The number of likely N-dealkylation sites (N-methyl/N-ethyl adjacent to an activating group) is 1. The van der Waals surface area contributed by atoms with Crippen molar-refractivity contribution in [2.45, 2.75) is 13.8 Å². The molecule has 5 nitrogen and oxygen atoms in total. The van der Waals surface area contributed by atoms with Crippen molar-refractivity contribution in [2.75, 3.05) is 11.9 Å². The summed E-state index contributed by atoms with van der Waals surface area (Å²) in [6, 6.07) is 20.9. The molecule has 0 saturated carbocycles. The molecule has 152 valence electrons. The van der Waals surface area contributed by atoms with E-state index in [1.165, 1.54) is 0 Å². The van der Waals surface area contributed by atoms with E-state index < -0.39 is 0 Å². The summed E-state index contributed by atoms with van der Waals surface area (Å²) in [5.41, 5.74) is 5.55. The molecule has 5 rings (SSSR count). The number of aryl methyl sites for hydroxylation is 2. The van der Waals surface area contributed by atoms with Crippen molar-refractivity contribution in [3.05, 3.63) is 99.6 Å². The lowest BCUT2D eigenvalue weighted by Gasteiger charge is -2.12. The van der Waals surface area contributed by atoms with Crippen LogP contribution in [0.2, 0.25) is 0 Å². The maximum Gasteiger partial charge on any atom is 0.266 e. The second-order valence-corrected chi connectivity index (χ2v) is 7.91. The summed E-state index contributed by atoms with van der Waals surface area (Å²) < 4.78 is 1.58. The summed E-state index contributed by atoms with van der Waals surface area (Å²) in [4.78, 5) is 32.9. The number of benzene rings is 3. The summed E-state index contributed by atoms with van der Waals surface area (Å²) in [5, 5.41) is 0.538. The first-order valence-electron chi connectivity index (χ1n) is 10.1. The number of hydrogen-bond donors (Lipinski definition) is 0. The predicted octanol–water partition coefficient (Wildman–Crippen LogP) is 4.52. The Balaban J connectivity index is 1.82. The highest BCUT2D eigenvalue weighted by Gasteiger charge is 2.30. The van der Waals surface area contributed by atoms with Crippen LogP contribution in [0, 0.1) is 13.8 Å². The molecule has 0 spiro atoms. The average Bonchev–Trinajstić information content (AvgIpc) is 2.99. The van der Waals surface area contributed by atoms with E-state index in [1.54, 1.807) is 28.7 Å². The largest absolute Gasteiger partial charge is 0.311 e. The monoisotopic (exact) mass is 407 g/mol. The van der Waals surface area contributed by atoms with Gasteiger partial charge in [-0.25, -0.2) is 4.98 Å². The second-order valence-electron chi connectivity index (χ2n) is 7.91. The number of hydrogen-bond acceptors (Lipinski definition) is 3. The van der Waals surface area contributed by atoms with Gasteiger partial charge in [0, 0.05) is 12.6 Å². The summed E-state index contributed by atoms with van der Waals surface area (Å²) in [6.07, 6.45) is 1.73. The first kappa shape index (κ1) is 19.0. The lowest BCUT2D eigenvalue weighted by Crippen LogP contribution is -2.23. The van der Waals surface area contributed by atoms with Crippen molar-refractivity contribution in [3.63, 3.8) is 0 Å². The summed E-state index contributed by atoms with van der Waals surface area (Å²) in [7, 11) is 1.76. The smallest absolute Gasteiger partial charge is 0.266 e. The van der Waals surface area contributed by atoms with E-state index in [2.05, 4.69) is 0 Å². The molecule has 1 aromatic heterocycles. The molecule has 0 unspecified atom stereocenters. The minimum atomic E-state index is -0.162. The van der Waals surface area contributed by atoms with Crippen LogP contribution in [-0.2, 0) is 4.79 Å². The van der Waals surface area contributed by atoms with Crippen molar-refractivity contribution in [3.8, 4) is 5.69 Å². The highest BCUT2D eigenvalue weighted by Crippen LogP contribution is 2.37. The Kier molecular flexibility index (Phi) is 4.33. The number of para-hydroxylation sites is 1. The third-order valence-corrected chi connectivity index (χ3v) is 5.71. The fraction of sp³-hybridized carbons (Fsp3) is 0.115. The first-order valence-corrected chi connectivity index (χ1v) is 10.1. The molecule has 1 aliphatic heterocycles. The second kappa shape index (κ2) is 7.06. The minimum Gasteiger partial charge on any atom is -0.311 e. The van der Waals surface area contributed by atoms with Crippen LogP contribution in [0.3, 0.4) is 0 Å². The van der Waals surface area contributed by atoms with E-state index in [9.17, 15) is 9.59 Å². The molecule has 0 fully saturated rings. The van der Waals surface area contributed by atoms with Gasteiger partial charge in [0.15, 0.2) is 0 Å². The fourth-order valence-corrected chi connectivity index (χ4v) is 4.02. The maximum absolute atomic E-state index is 13.5. The molecule has 2 heterocycles. The van der Waals surface area contributed by atoms with Gasteiger partial charge in [0.1, 0.15) is 5.82 Å². The number of carbonyl (C=O) groups excluding carboxylic acids is 1. The molecule has 4 aromatic rings. The number of aromatic nitrogens is 2. The summed E-state index contributed by atoms with van der Waals surface area (Å²) in [5.74, 6) is 0.317. The van der Waals surface area contributed by atoms with Gasteiger partial charge in [0.05, 0.1) is 27.9 Å². The molecule has 3 aromatic carbocycles. The van der Waals surface area contributed by atoms with Crippen molar-refractivity contribution >= 4 is 34.1 Å². The van der Waals surface area contributed by atoms with E-state index >= 15 is 0 Å². The van der Waals surface area contributed by atoms with Gasteiger partial charge in [0.2, 0.25) is 0 Å². The number of anilines is 1. The van der Waals surface area contributed by atoms with Crippen LogP contribution in [0.5, 0.6) is 0 Å². The molecule has 1 aliphatic rings. The normalized spacial score (nSPS) is 14.5. The van der Waals surface area contributed by atoms with E-state index in [0.29, 0.717) is 28.0 Å². The van der Waals surface area contributed by atoms with E-state index in [4.69, 9.17) is 4.98 Å². The van der Waals surface area contributed by atoms with Crippen LogP contribution in [0.15, 0.2) is 71.5 Å². The standard InChI is InChI=1S/C26H21N3O2/c1-16-8-11-18(12-9-16)29-24(27-22-7-5-4-6-19(22)26(29)31)15-21-20-14-17(2)10-13-23(20)28(3)25(21)30/h4-15H,1-3H3. The van der Waals surface area contributed by atoms with Crippen LogP contribution in [0.1, 0.15) is 22.5 Å². The molecule has 0 bridgehead atoms. The molecule has 0 aliphatic carbocycles. The van der Waals surface area contributed by atoms with E-state index in [1.807, 2.05) is 74.5 Å². The lowest BCUT2D eigenvalue weighted by molar-refractivity contribution is -0.112. The Morgan fingerprint density at radius 2 is 1.58 bits per heavy atom. The van der Waals surface area contributed by atoms with Crippen LogP contribution < -0.4 is 10.5 Å². The molecule has 1 amide bonds.